The van der Waals surface area contributed by atoms with Crippen molar-refractivity contribution in [2.24, 2.45) is 0 Å². The second-order valence-electron chi connectivity index (χ2n) is 7.28. The molecule has 1 atom stereocenters. The van der Waals surface area contributed by atoms with Gasteiger partial charge in [0.2, 0.25) is 0 Å². The van der Waals surface area contributed by atoms with E-state index in [-0.39, 0.29) is 0 Å². The Bertz CT molecular complexity index is 959. The van der Waals surface area contributed by atoms with Crippen LogP contribution in [0.3, 0.4) is 0 Å². The molecule has 4 heteroatoms. The van der Waals surface area contributed by atoms with Crippen LogP contribution in [0.1, 0.15) is 16.7 Å². The zero-order chi connectivity index (χ0) is 20.5. The Hall–Kier alpha value is -2.69. The predicted octanol–water partition coefficient (Wildman–Crippen LogP) is 4.82. The van der Waals surface area contributed by atoms with Crippen LogP contribution in [0.4, 0.5) is 0 Å². The van der Waals surface area contributed by atoms with Crippen LogP contribution in [0.15, 0.2) is 97.1 Å². The smallest absolute Gasteiger partial charge is 0.155 e. The second-order valence-corrected chi connectivity index (χ2v) is 9.54. The van der Waals surface area contributed by atoms with Gasteiger partial charge in [-0.05, 0) is 16.7 Å². The molecule has 0 aliphatic carbocycles. The van der Waals surface area contributed by atoms with E-state index in [9.17, 15) is 8.42 Å². The van der Waals surface area contributed by atoms with Crippen molar-refractivity contribution in [3.8, 4) is 0 Å². The predicted molar refractivity (Wildman–Crippen MR) is 121 cm³/mol. The minimum atomic E-state index is -3.24. The van der Waals surface area contributed by atoms with Crippen LogP contribution in [0.25, 0.3) is 6.08 Å². The number of benzene rings is 3. The lowest BCUT2D eigenvalue weighted by molar-refractivity contribution is 0.262. The third-order valence-electron chi connectivity index (χ3n) is 4.79. The van der Waals surface area contributed by atoms with Crippen LogP contribution in [-0.2, 0) is 22.9 Å². The van der Waals surface area contributed by atoms with Gasteiger partial charge < -0.3 is 0 Å². The number of hydrogen-bond acceptors (Lipinski definition) is 3. The third kappa shape index (κ3) is 7.00. The molecule has 3 aromatic rings. The molecule has 0 aliphatic heterocycles. The quantitative estimate of drug-likeness (QED) is 0.512. The Morgan fingerprint density at radius 3 is 1.66 bits per heavy atom. The summed E-state index contributed by atoms with van der Waals surface area (Å²) in [6.07, 6.45) is 5.03. The number of rotatable bonds is 9. The van der Waals surface area contributed by atoms with Gasteiger partial charge in [0.15, 0.2) is 9.84 Å². The fourth-order valence-corrected chi connectivity index (χ4v) is 4.09. The molecular weight excluding hydrogens is 378 g/mol. The maximum atomic E-state index is 12.5. The summed E-state index contributed by atoms with van der Waals surface area (Å²) in [5, 5.41) is -0.574. The minimum Gasteiger partial charge on any atom is -0.293 e. The van der Waals surface area contributed by atoms with Crippen molar-refractivity contribution in [1.82, 2.24) is 4.90 Å². The van der Waals surface area contributed by atoms with E-state index < -0.39 is 15.1 Å². The van der Waals surface area contributed by atoms with E-state index in [0.717, 1.165) is 5.56 Å². The van der Waals surface area contributed by atoms with E-state index in [1.54, 1.807) is 0 Å². The molecule has 0 amide bonds. The summed E-state index contributed by atoms with van der Waals surface area (Å²) in [6, 6.07) is 30.1. The average molecular weight is 406 g/mol. The van der Waals surface area contributed by atoms with E-state index in [1.165, 1.54) is 17.4 Å². The molecule has 150 valence electrons. The van der Waals surface area contributed by atoms with E-state index in [0.29, 0.717) is 19.6 Å². The lowest BCUT2D eigenvalue weighted by Crippen LogP contribution is -2.35. The van der Waals surface area contributed by atoms with Crippen molar-refractivity contribution in [1.29, 1.82) is 0 Å². The molecule has 0 heterocycles. The minimum absolute atomic E-state index is 0.436. The highest BCUT2D eigenvalue weighted by Gasteiger charge is 2.21. The number of hydrogen-bond donors (Lipinski definition) is 0. The lowest BCUT2D eigenvalue weighted by atomic mass is 10.1. The Morgan fingerprint density at radius 1 is 0.759 bits per heavy atom. The molecule has 3 rings (SSSR count). The maximum absolute atomic E-state index is 12.5. The first-order chi connectivity index (χ1) is 14.0. The van der Waals surface area contributed by atoms with Crippen molar-refractivity contribution in [2.75, 3.05) is 12.8 Å². The lowest BCUT2D eigenvalue weighted by Gasteiger charge is -2.26. The highest BCUT2D eigenvalue weighted by molar-refractivity contribution is 7.91. The molecule has 0 radical (unpaired) electrons. The first kappa shape index (κ1) is 21.0. The number of nitrogens with zero attached hydrogens (tertiary/aromatic N) is 1. The summed E-state index contributed by atoms with van der Waals surface area (Å²) in [4.78, 5) is 2.20. The van der Waals surface area contributed by atoms with E-state index >= 15 is 0 Å². The van der Waals surface area contributed by atoms with Crippen LogP contribution in [-0.4, -0.2) is 31.4 Å². The van der Waals surface area contributed by atoms with Gasteiger partial charge in [0.1, 0.15) is 0 Å². The van der Waals surface area contributed by atoms with Crippen LogP contribution in [0.2, 0.25) is 0 Å². The van der Waals surface area contributed by atoms with Crippen molar-refractivity contribution < 1.29 is 8.42 Å². The SMILES string of the molecule is CS(=O)(=O)[C@H](/C=C/c1ccccc1)CN(Cc1ccccc1)Cc1ccccc1. The van der Waals surface area contributed by atoms with Crippen LogP contribution in [0, 0.1) is 0 Å². The van der Waals surface area contributed by atoms with Crippen molar-refractivity contribution in [3.63, 3.8) is 0 Å². The molecule has 0 saturated heterocycles. The monoisotopic (exact) mass is 405 g/mol. The zero-order valence-electron chi connectivity index (χ0n) is 16.7. The Morgan fingerprint density at radius 2 is 1.21 bits per heavy atom. The summed E-state index contributed by atoms with van der Waals surface area (Å²) in [7, 11) is -3.24. The van der Waals surface area contributed by atoms with Gasteiger partial charge in [0.05, 0.1) is 5.25 Å². The van der Waals surface area contributed by atoms with Crippen LogP contribution < -0.4 is 0 Å². The van der Waals surface area contributed by atoms with Gasteiger partial charge in [0.25, 0.3) is 0 Å². The molecule has 0 saturated carbocycles. The van der Waals surface area contributed by atoms with Crippen molar-refractivity contribution >= 4 is 15.9 Å². The highest BCUT2D eigenvalue weighted by atomic mass is 32.2. The average Bonchev–Trinajstić information content (AvgIpc) is 2.72. The van der Waals surface area contributed by atoms with Crippen LogP contribution in [0.5, 0.6) is 0 Å². The van der Waals surface area contributed by atoms with Gasteiger partial charge in [-0.25, -0.2) is 8.42 Å². The summed E-state index contributed by atoms with van der Waals surface area (Å²) < 4.78 is 25.0. The van der Waals surface area contributed by atoms with Gasteiger partial charge in [-0.2, -0.15) is 0 Å². The molecule has 3 nitrogen and oxygen atoms in total. The van der Waals surface area contributed by atoms with Gasteiger partial charge in [-0.15, -0.1) is 0 Å². The first-order valence-corrected chi connectivity index (χ1v) is 11.7. The Kier molecular flexibility index (Phi) is 7.39. The zero-order valence-corrected chi connectivity index (χ0v) is 17.5. The van der Waals surface area contributed by atoms with Gasteiger partial charge >= 0.3 is 0 Å². The Labute approximate surface area is 174 Å². The number of sulfone groups is 1. The van der Waals surface area contributed by atoms with E-state index in [2.05, 4.69) is 29.2 Å². The first-order valence-electron chi connectivity index (χ1n) is 9.73. The molecule has 3 aromatic carbocycles. The molecule has 0 fully saturated rings. The van der Waals surface area contributed by atoms with E-state index in [4.69, 9.17) is 0 Å². The maximum Gasteiger partial charge on any atom is 0.155 e. The molecule has 0 aromatic heterocycles. The highest BCUT2D eigenvalue weighted by Crippen LogP contribution is 2.15. The third-order valence-corrected chi connectivity index (χ3v) is 6.20. The molecule has 0 aliphatic rings. The van der Waals surface area contributed by atoms with Gasteiger partial charge in [-0.1, -0.05) is 103 Å². The molecule has 0 bridgehead atoms. The fourth-order valence-electron chi connectivity index (χ4n) is 3.24. The Balaban J connectivity index is 1.82. The molecule has 29 heavy (non-hydrogen) atoms. The van der Waals surface area contributed by atoms with Gasteiger partial charge in [0, 0.05) is 25.9 Å². The molecular formula is C25H27NO2S. The summed E-state index contributed by atoms with van der Waals surface area (Å²) in [6.45, 7) is 1.83. The summed E-state index contributed by atoms with van der Waals surface area (Å²) >= 11 is 0. The standard InChI is InChI=1S/C25H27NO2S/c1-29(27,28)25(18-17-22-11-5-2-6-12-22)21-26(19-23-13-7-3-8-14-23)20-24-15-9-4-10-16-24/h2-18,25H,19-21H2,1H3/b18-17+/t25-/m1/s1. The topological polar surface area (TPSA) is 37.4 Å². The molecule has 0 unspecified atom stereocenters. The largest absolute Gasteiger partial charge is 0.293 e. The van der Waals surface area contributed by atoms with Crippen molar-refractivity contribution in [3.05, 3.63) is 114 Å². The fraction of sp³-hybridized carbons (Fsp3) is 0.200. The molecule has 0 spiro atoms. The summed E-state index contributed by atoms with van der Waals surface area (Å²) in [5.41, 5.74) is 3.34. The normalized spacial score (nSPS) is 13.0. The second kappa shape index (κ2) is 10.2. The summed E-state index contributed by atoms with van der Waals surface area (Å²) in [5.74, 6) is 0. The van der Waals surface area contributed by atoms with Gasteiger partial charge in [-0.3, -0.25) is 4.90 Å². The van der Waals surface area contributed by atoms with Crippen LogP contribution >= 0.6 is 0 Å². The van der Waals surface area contributed by atoms with E-state index in [1.807, 2.05) is 78.9 Å². The van der Waals surface area contributed by atoms with Crippen molar-refractivity contribution in [2.45, 2.75) is 18.3 Å². The molecule has 0 N–H and O–H groups in total.